The highest BCUT2D eigenvalue weighted by molar-refractivity contribution is 7.86. The van der Waals surface area contributed by atoms with E-state index < -0.39 is 56.4 Å². The van der Waals surface area contributed by atoms with Gasteiger partial charge >= 0.3 is 10.3 Å². The minimum atomic E-state index is -4.95. The summed E-state index contributed by atoms with van der Waals surface area (Å²) in [5.41, 5.74) is 1.21. The van der Waals surface area contributed by atoms with Gasteiger partial charge in [0.1, 0.15) is 5.92 Å². The molecular weight excluding hydrogens is 356 g/mol. The van der Waals surface area contributed by atoms with Crippen molar-refractivity contribution in [3.05, 3.63) is 0 Å². The first-order valence-corrected chi connectivity index (χ1v) is 9.48. The van der Waals surface area contributed by atoms with Gasteiger partial charge in [-0.2, -0.15) is 16.8 Å². The molecule has 1 aliphatic rings. The molecule has 0 aromatic rings. The Hall–Kier alpha value is -1.28. The summed E-state index contributed by atoms with van der Waals surface area (Å²) in [6, 6.07) is -1.50. The number of carbonyl (C=O) groups is 2. The summed E-state index contributed by atoms with van der Waals surface area (Å²) in [5.74, 6) is -3.77. The average Bonchev–Trinajstić information content (AvgIpc) is 2.27. The lowest BCUT2D eigenvalue weighted by molar-refractivity contribution is -0.167. The van der Waals surface area contributed by atoms with Crippen LogP contribution in [0.15, 0.2) is 0 Å². The number of hydrogen-bond acceptors (Lipinski definition) is 8. The SMILES string of the molecule is CC(C)(C)ONC(=O)C1C(=O)N(S(=O)(=O)O)C1COS(C)(=O)=O. The number of carbonyl (C=O) groups excluding carboxylic acids is 2. The molecule has 134 valence electrons. The van der Waals surface area contributed by atoms with E-state index in [1.807, 2.05) is 5.48 Å². The third-order valence-corrected chi connectivity index (χ3v) is 4.12. The summed E-state index contributed by atoms with van der Waals surface area (Å²) in [5, 5.41) is 0. The van der Waals surface area contributed by atoms with E-state index in [2.05, 4.69) is 4.18 Å². The summed E-state index contributed by atoms with van der Waals surface area (Å²) < 4.78 is 57.6. The Morgan fingerprint density at radius 1 is 1.30 bits per heavy atom. The topological polar surface area (TPSA) is 156 Å². The summed E-state index contributed by atoms with van der Waals surface area (Å²) in [6.45, 7) is 4.04. The number of hydroxylamine groups is 1. The summed E-state index contributed by atoms with van der Waals surface area (Å²) >= 11 is 0. The standard InChI is InChI=1S/C10H18N2O9S2/c1-10(2,3)21-11-8(13)7-6(5-20-22(4,15)16)12(9(7)14)23(17,18)19/h6-7H,5H2,1-4H3,(H,11,13)(H,17,18,19). The van der Waals surface area contributed by atoms with E-state index in [4.69, 9.17) is 9.39 Å². The zero-order valence-electron chi connectivity index (χ0n) is 12.8. The smallest absolute Gasteiger partial charge is 0.273 e. The molecule has 13 heteroatoms. The predicted molar refractivity (Wildman–Crippen MR) is 75.4 cm³/mol. The highest BCUT2D eigenvalue weighted by atomic mass is 32.2. The van der Waals surface area contributed by atoms with Crippen LogP contribution in [0.4, 0.5) is 0 Å². The second-order valence-electron chi connectivity index (χ2n) is 5.83. The van der Waals surface area contributed by atoms with Gasteiger partial charge in [0.25, 0.3) is 21.9 Å². The molecule has 0 aliphatic carbocycles. The van der Waals surface area contributed by atoms with Crippen molar-refractivity contribution in [2.24, 2.45) is 5.92 Å². The van der Waals surface area contributed by atoms with Crippen molar-refractivity contribution >= 4 is 32.2 Å². The Bertz CT molecular complexity index is 692. The van der Waals surface area contributed by atoms with Crippen LogP contribution in [0, 0.1) is 5.92 Å². The van der Waals surface area contributed by atoms with Crippen LogP contribution in [0.2, 0.25) is 0 Å². The zero-order valence-corrected chi connectivity index (χ0v) is 14.5. The molecule has 0 radical (unpaired) electrons. The lowest BCUT2D eigenvalue weighted by atomic mass is 9.90. The van der Waals surface area contributed by atoms with E-state index in [0.29, 0.717) is 6.26 Å². The summed E-state index contributed by atoms with van der Waals surface area (Å²) in [7, 11) is -8.90. The van der Waals surface area contributed by atoms with Crippen molar-refractivity contribution in [1.82, 2.24) is 9.79 Å². The third-order valence-electron chi connectivity index (χ3n) is 2.61. The van der Waals surface area contributed by atoms with Crippen LogP contribution >= 0.6 is 0 Å². The summed E-state index contributed by atoms with van der Waals surface area (Å²) in [4.78, 5) is 28.7. The molecule has 11 nitrogen and oxygen atoms in total. The van der Waals surface area contributed by atoms with Crippen LogP contribution < -0.4 is 5.48 Å². The predicted octanol–water partition coefficient (Wildman–Crippen LogP) is -1.56. The molecule has 0 aromatic heterocycles. The van der Waals surface area contributed by atoms with Gasteiger partial charge in [-0.05, 0) is 20.8 Å². The maximum absolute atomic E-state index is 11.9. The van der Waals surface area contributed by atoms with Crippen LogP contribution in [0.1, 0.15) is 20.8 Å². The van der Waals surface area contributed by atoms with E-state index in [9.17, 15) is 26.4 Å². The van der Waals surface area contributed by atoms with Crippen molar-refractivity contribution in [3.8, 4) is 0 Å². The average molecular weight is 374 g/mol. The van der Waals surface area contributed by atoms with Gasteiger partial charge in [0.2, 0.25) is 0 Å². The molecule has 0 bridgehead atoms. The highest BCUT2D eigenvalue weighted by Gasteiger charge is 2.57. The van der Waals surface area contributed by atoms with Gasteiger partial charge in [-0.25, -0.2) is 9.79 Å². The number of hydrogen-bond donors (Lipinski definition) is 2. The molecule has 1 rings (SSSR count). The number of nitrogens with zero attached hydrogens (tertiary/aromatic N) is 1. The van der Waals surface area contributed by atoms with Gasteiger partial charge < -0.3 is 0 Å². The third kappa shape index (κ3) is 5.39. The minimum Gasteiger partial charge on any atom is -0.273 e. The van der Waals surface area contributed by atoms with Crippen molar-refractivity contribution < 1.29 is 40.0 Å². The van der Waals surface area contributed by atoms with Crippen LogP contribution in [0.3, 0.4) is 0 Å². The summed E-state index contributed by atoms with van der Waals surface area (Å²) in [6.07, 6.45) is 0.711. The molecule has 2 amide bonds. The van der Waals surface area contributed by atoms with Gasteiger partial charge in [0.05, 0.1) is 24.5 Å². The van der Waals surface area contributed by atoms with Crippen molar-refractivity contribution in [3.63, 3.8) is 0 Å². The van der Waals surface area contributed by atoms with Crippen LogP contribution in [0.25, 0.3) is 0 Å². The Morgan fingerprint density at radius 2 is 1.83 bits per heavy atom. The van der Waals surface area contributed by atoms with Crippen molar-refractivity contribution in [2.45, 2.75) is 32.4 Å². The van der Waals surface area contributed by atoms with E-state index in [1.165, 1.54) is 0 Å². The molecular formula is C10H18N2O9S2. The minimum absolute atomic E-state index is 0.0144. The first-order valence-electron chi connectivity index (χ1n) is 6.26. The fourth-order valence-electron chi connectivity index (χ4n) is 1.71. The fourth-order valence-corrected chi connectivity index (χ4v) is 2.97. The molecule has 1 aliphatic heterocycles. The van der Waals surface area contributed by atoms with Crippen LogP contribution in [-0.4, -0.2) is 62.0 Å². The molecule has 2 N–H and O–H groups in total. The second-order valence-corrected chi connectivity index (χ2v) is 8.76. The van der Waals surface area contributed by atoms with Gasteiger partial charge in [-0.3, -0.25) is 23.2 Å². The monoisotopic (exact) mass is 374 g/mol. The van der Waals surface area contributed by atoms with E-state index in [0.717, 1.165) is 0 Å². The van der Waals surface area contributed by atoms with Gasteiger partial charge in [-0.15, -0.1) is 0 Å². The molecule has 0 spiro atoms. The van der Waals surface area contributed by atoms with Crippen molar-refractivity contribution in [2.75, 3.05) is 12.9 Å². The largest absolute Gasteiger partial charge is 0.362 e. The van der Waals surface area contributed by atoms with Crippen LogP contribution in [-0.2, 0) is 39.0 Å². The number of amides is 2. The molecule has 1 heterocycles. The molecule has 1 saturated heterocycles. The number of rotatable bonds is 6. The maximum Gasteiger partial charge on any atom is 0.362 e. The number of β-lactam (4-membered cyclic amide) rings is 1. The number of nitrogens with one attached hydrogen (secondary N) is 1. The molecule has 2 unspecified atom stereocenters. The molecule has 2 atom stereocenters. The molecule has 0 saturated carbocycles. The van der Waals surface area contributed by atoms with Gasteiger partial charge in [0, 0.05) is 0 Å². The lowest BCUT2D eigenvalue weighted by Crippen LogP contribution is -2.68. The van der Waals surface area contributed by atoms with E-state index >= 15 is 0 Å². The quantitative estimate of drug-likeness (QED) is 0.184. The molecule has 1 fully saturated rings. The van der Waals surface area contributed by atoms with E-state index in [-0.39, 0.29) is 4.31 Å². The second kappa shape index (κ2) is 6.32. The molecule has 23 heavy (non-hydrogen) atoms. The maximum atomic E-state index is 11.9. The zero-order chi connectivity index (χ0) is 18.2. The lowest BCUT2D eigenvalue weighted by Gasteiger charge is -2.42. The van der Waals surface area contributed by atoms with Crippen LogP contribution in [0.5, 0.6) is 0 Å². The Labute approximate surface area is 133 Å². The first-order chi connectivity index (χ1) is 10.1. The Balaban J connectivity index is 2.92. The van der Waals surface area contributed by atoms with Gasteiger partial charge in [-0.1, -0.05) is 0 Å². The fraction of sp³-hybridized carbons (Fsp3) is 0.800. The van der Waals surface area contributed by atoms with Crippen molar-refractivity contribution in [1.29, 1.82) is 0 Å². The van der Waals surface area contributed by atoms with Gasteiger partial charge in [0.15, 0.2) is 0 Å². The van der Waals surface area contributed by atoms with E-state index in [1.54, 1.807) is 20.8 Å². The highest BCUT2D eigenvalue weighted by Crippen LogP contribution is 2.30. The Kier molecular flexibility index (Phi) is 5.43. The first kappa shape index (κ1) is 19.8. The molecule has 0 aromatic carbocycles. The Morgan fingerprint density at radius 3 is 2.22 bits per heavy atom. The normalized spacial score (nSPS) is 22.7.